The van der Waals surface area contributed by atoms with Gasteiger partial charge < -0.3 is 4.74 Å². The number of aromatic nitrogens is 1. The van der Waals surface area contributed by atoms with Crippen LogP contribution in [0.5, 0.6) is 0 Å². The van der Waals surface area contributed by atoms with E-state index in [9.17, 15) is 0 Å². The van der Waals surface area contributed by atoms with E-state index in [1.807, 2.05) is 6.20 Å². The molecule has 4 nitrogen and oxygen atoms in total. The van der Waals surface area contributed by atoms with E-state index in [-0.39, 0.29) is 0 Å². The van der Waals surface area contributed by atoms with Gasteiger partial charge in [-0.25, -0.2) is 0 Å². The molecule has 2 aliphatic heterocycles. The van der Waals surface area contributed by atoms with E-state index < -0.39 is 0 Å². The maximum atomic E-state index is 5.94. The number of piperazine rings is 1. The van der Waals surface area contributed by atoms with Crippen molar-refractivity contribution < 1.29 is 4.74 Å². The van der Waals surface area contributed by atoms with Crippen molar-refractivity contribution in [3.05, 3.63) is 42.1 Å². The predicted molar refractivity (Wildman–Crippen MR) is 94.8 cm³/mol. The molecule has 2 aromatic rings. The van der Waals surface area contributed by atoms with Gasteiger partial charge in [0.1, 0.15) is 0 Å². The van der Waals surface area contributed by atoms with E-state index >= 15 is 0 Å². The van der Waals surface area contributed by atoms with Gasteiger partial charge in [-0.3, -0.25) is 14.8 Å². The van der Waals surface area contributed by atoms with Crippen LogP contribution >= 0.6 is 0 Å². The highest BCUT2D eigenvalue weighted by atomic mass is 16.5. The van der Waals surface area contributed by atoms with Gasteiger partial charge in [0.25, 0.3) is 0 Å². The highest BCUT2D eigenvalue weighted by Gasteiger charge is 2.42. The average Bonchev–Trinajstić information content (AvgIpc) is 3.46. The molecule has 2 saturated heterocycles. The first-order valence-electron chi connectivity index (χ1n) is 9.27. The summed E-state index contributed by atoms with van der Waals surface area (Å²) in [6.07, 6.45) is 4.76. The minimum absolute atomic E-state index is 0.575. The summed E-state index contributed by atoms with van der Waals surface area (Å²) >= 11 is 0. The third-order valence-electron chi connectivity index (χ3n) is 5.94. The number of hydrogen-bond donors (Lipinski definition) is 0. The molecule has 24 heavy (non-hydrogen) atoms. The number of pyridine rings is 1. The van der Waals surface area contributed by atoms with Crippen LogP contribution in [0.25, 0.3) is 10.9 Å². The topological polar surface area (TPSA) is 28.6 Å². The lowest BCUT2D eigenvalue weighted by Crippen LogP contribution is -2.62. The third kappa shape index (κ3) is 2.73. The van der Waals surface area contributed by atoms with E-state index in [1.54, 1.807) is 0 Å². The molecule has 2 atom stereocenters. The zero-order valence-electron chi connectivity index (χ0n) is 14.1. The Labute approximate surface area is 143 Å². The highest BCUT2D eigenvalue weighted by Crippen LogP contribution is 2.38. The summed E-state index contributed by atoms with van der Waals surface area (Å²) < 4.78 is 5.94. The molecule has 0 amide bonds. The number of rotatable bonds is 3. The Morgan fingerprint density at radius 3 is 2.92 bits per heavy atom. The van der Waals surface area contributed by atoms with Crippen LogP contribution in [-0.2, 0) is 11.3 Å². The summed E-state index contributed by atoms with van der Waals surface area (Å²) in [4.78, 5) is 9.84. The second-order valence-corrected chi connectivity index (χ2v) is 7.56. The van der Waals surface area contributed by atoms with Crippen LogP contribution in [0.3, 0.4) is 0 Å². The standard InChI is InChI=1S/C20H25N3O/c1-2-4-19-18(3-1)16(7-8-21-19)11-22-9-10-23-17(12-22)13-24-14-20(23)15-5-6-15/h1-4,7-8,15,17,20H,5-6,9-14H2/t17-,20-/m1/s1. The molecule has 1 aliphatic carbocycles. The van der Waals surface area contributed by atoms with Gasteiger partial charge in [0.05, 0.1) is 18.7 Å². The second kappa shape index (κ2) is 6.10. The van der Waals surface area contributed by atoms with E-state index in [1.165, 1.54) is 30.3 Å². The molecule has 5 rings (SSSR count). The van der Waals surface area contributed by atoms with Crippen molar-refractivity contribution in [2.75, 3.05) is 32.8 Å². The van der Waals surface area contributed by atoms with Crippen LogP contribution in [0.1, 0.15) is 18.4 Å². The van der Waals surface area contributed by atoms with Crippen LogP contribution in [0.4, 0.5) is 0 Å². The van der Waals surface area contributed by atoms with Crippen molar-refractivity contribution >= 4 is 10.9 Å². The lowest BCUT2D eigenvalue weighted by Gasteiger charge is -2.48. The first-order valence-corrected chi connectivity index (χ1v) is 9.27. The van der Waals surface area contributed by atoms with Gasteiger partial charge in [0.2, 0.25) is 0 Å². The second-order valence-electron chi connectivity index (χ2n) is 7.56. The molecule has 4 heteroatoms. The fourth-order valence-electron chi connectivity index (χ4n) is 4.50. The summed E-state index contributed by atoms with van der Waals surface area (Å²) in [6.45, 7) is 6.35. The Kier molecular flexibility index (Phi) is 3.77. The minimum Gasteiger partial charge on any atom is -0.378 e. The smallest absolute Gasteiger partial charge is 0.0705 e. The van der Waals surface area contributed by atoms with E-state index in [0.29, 0.717) is 12.1 Å². The summed E-state index contributed by atoms with van der Waals surface area (Å²) in [6, 6.07) is 11.9. The van der Waals surface area contributed by atoms with Crippen molar-refractivity contribution in [3.8, 4) is 0 Å². The van der Waals surface area contributed by atoms with Crippen molar-refractivity contribution in [1.29, 1.82) is 0 Å². The monoisotopic (exact) mass is 323 g/mol. The minimum atomic E-state index is 0.575. The Hall–Kier alpha value is -1.49. The molecule has 0 spiro atoms. The summed E-state index contributed by atoms with van der Waals surface area (Å²) in [7, 11) is 0. The number of benzene rings is 1. The molecule has 0 radical (unpaired) electrons. The fourth-order valence-corrected chi connectivity index (χ4v) is 4.50. The SMILES string of the molecule is c1ccc2c(CN3CCN4[C@@H](COC[C@@H]4C4CC4)C3)ccnc2c1. The number of hydrogen-bond acceptors (Lipinski definition) is 4. The molecule has 1 aromatic heterocycles. The molecule has 1 aromatic carbocycles. The molecule has 126 valence electrons. The molecule has 3 heterocycles. The molecule has 0 N–H and O–H groups in total. The van der Waals surface area contributed by atoms with Crippen molar-refractivity contribution in [2.45, 2.75) is 31.5 Å². The van der Waals surface area contributed by atoms with Crippen LogP contribution in [0, 0.1) is 5.92 Å². The van der Waals surface area contributed by atoms with Gasteiger partial charge in [-0.1, -0.05) is 18.2 Å². The van der Waals surface area contributed by atoms with Gasteiger partial charge >= 0.3 is 0 Å². The van der Waals surface area contributed by atoms with Crippen molar-refractivity contribution in [3.63, 3.8) is 0 Å². The molecule has 3 fully saturated rings. The quantitative estimate of drug-likeness (QED) is 0.868. The lowest BCUT2D eigenvalue weighted by molar-refractivity contribution is -0.0879. The number of fused-ring (bicyclic) bond motifs is 2. The maximum absolute atomic E-state index is 5.94. The average molecular weight is 323 g/mol. The number of nitrogens with zero attached hydrogens (tertiary/aromatic N) is 3. The Morgan fingerprint density at radius 2 is 2.00 bits per heavy atom. The molecular weight excluding hydrogens is 298 g/mol. The van der Waals surface area contributed by atoms with Crippen LogP contribution < -0.4 is 0 Å². The van der Waals surface area contributed by atoms with Crippen molar-refractivity contribution in [2.24, 2.45) is 5.92 Å². The van der Waals surface area contributed by atoms with Crippen LogP contribution in [0.15, 0.2) is 36.5 Å². The summed E-state index contributed by atoms with van der Waals surface area (Å²) in [5.74, 6) is 0.906. The predicted octanol–water partition coefficient (Wildman–Crippen LogP) is 2.53. The molecular formula is C20H25N3O. The number of morpholine rings is 1. The summed E-state index contributed by atoms with van der Waals surface area (Å²) in [5.41, 5.74) is 2.49. The van der Waals surface area contributed by atoms with Gasteiger partial charge in [-0.05, 0) is 36.5 Å². The maximum Gasteiger partial charge on any atom is 0.0705 e. The first kappa shape index (κ1) is 14.8. The first-order chi connectivity index (χ1) is 11.9. The normalized spacial score (nSPS) is 28.8. The third-order valence-corrected chi connectivity index (χ3v) is 5.94. The Bertz CT molecular complexity index is 724. The molecule has 3 aliphatic rings. The number of para-hydroxylation sites is 1. The fraction of sp³-hybridized carbons (Fsp3) is 0.550. The van der Waals surface area contributed by atoms with E-state index in [4.69, 9.17) is 4.74 Å². The zero-order valence-corrected chi connectivity index (χ0v) is 14.1. The Balaban J connectivity index is 1.32. The van der Waals surface area contributed by atoms with Gasteiger partial charge in [0, 0.05) is 49.8 Å². The zero-order chi connectivity index (χ0) is 15.9. The van der Waals surface area contributed by atoms with Gasteiger partial charge in [-0.2, -0.15) is 0 Å². The van der Waals surface area contributed by atoms with Gasteiger partial charge in [-0.15, -0.1) is 0 Å². The van der Waals surface area contributed by atoms with Crippen LogP contribution in [0.2, 0.25) is 0 Å². The largest absolute Gasteiger partial charge is 0.378 e. The molecule has 0 bridgehead atoms. The highest BCUT2D eigenvalue weighted by molar-refractivity contribution is 5.81. The van der Waals surface area contributed by atoms with E-state index in [2.05, 4.69) is 45.1 Å². The van der Waals surface area contributed by atoms with Crippen molar-refractivity contribution in [1.82, 2.24) is 14.8 Å². The lowest BCUT2D eigenvalue weighted by atomic mass is 10.0. The van der Waals surface area contributed by atoms with E-state index in [0.717, 1.165) is 44.3 Å². The van der Waals surface area contributed by atoms with Crippen LogP contribution in [-0.4, -0.2) is 59.7 Å². The molecule has 1 saturated carbocycles. The van der Waals surface area contributed by atoms with Gasteiger partial charge in [0.15, 0.2) is 0 Å². The summed E-state index contributed by atoms with van der Waals surface area (Å²) in [5, 5.41) is 1.29. The molecule has 0 unspecified atom stereocenters. The Morgan fingerprint density at radius 1 is 1.08 bits per heavy atom. The number of ether oxygens (including phenoxy) is 1.